The number of benzene rings is 2. The summed E-state index contributed by atoms with van der Waals surface area (Å²) in [6, 6.07) is 11.8. The number of primary sulfonamides is 1. The normalized spacial score (nSPS) is 11.6. The Bertz CT molecular complexity index is 1020. The minimum atomic E-state index is -3.86. The summed E-state index contributed by atoms with van der Waals surface area (Å²) in [7, 11) is -3.86. The van der Waals surface area contributed by atoms with E-state index in [-0.39, 0.29) is 10.8 Å². The van der Waals surface area contributed by atoms with Crippen LogP contribution in [0.15, 0.2) is 58.0 Å². The van der Waals surface area contributed by atoms with Gasteiger partial charge in [0.05, 0.1) is 10.5 Å². The van der Waals surface area contributed by atoms with E-state index in [1.165, 1.54) is 12.3 Å². The first-order valence-electron chi connectivity index (χ1n) is 7.33. The molecular weight excluding hydrogens is 328 g/mol. The molecule has 2 aromatic carbocycles. The predicted molar refractivity (Wildman–Crippen MR) is 91.4 cm³/mol. The van der Waals surface area contributed by atoms with E-state index >= 15 is 0 Å². The Morgan fingerprint density at radius 3 is 2.67 bits per heavy atom. The molecular formula is C17H16N2O4S. The van der Waals surface area contributed by atoms with Gasteiger partial charge in [-0.15, -0.1) is 0 Å². The largest absolute Gasteiger partial charge is 0.463 e. The molecule has 6 nitrogen and oxygen atoms in total. The summed E-state index contributed by atoms with van der Waals surface area (Å²) in [5.74, 6) is -0.385. The van der Waals surface area contributed by atoms with Gasteiger partial charge >= 0.3 is 0 Å². The summed E-state index contributed by atoms with van der Waals surface area (Å²) < 4.78 is 28.8. The lowest BCUT2D eigenvalue weighted by Gasteiger charge is -2.10. The Morgan fingerprint density at radius 2 is 1.96 bits per heavy atom. The number of rotatable bonds is 4. The highest BCUT2D eigenvalue weighted by Gasteiger charge is 2.17. The molecule has 3 rings (SSSR count). The van der Waals surface area contributed by atoms with Gasteiger partial charge in [-0.1, -0.05) is 31.2 Å². The van der Waals surface area contributed by atoms with Crippen molar-refractivity contribution in [3.8, 4) is 0 Å². The highest BCUT2D eigenvalue weighted by molar-refractivity contribution is 7.89. The molecule has 24 heavy (non-hydrogen) atoms. The van der Waals surface area contributed by atoms with Gasteiger partial charge in [0, 0.05) is 11.1 Å². The molecule has 0 saturated carbocycles. The van der Waals surface area contributed by atoms with Crippen molar-refractivity contribution >= 4 is 32.6 Å². The number of hydrogen-bond donors (Lipinski definition) is 2. The molecule has 0 aliphatic heterocycles. The average molecular weight is 344 g/mol. The first kappa shape index (κ1) is 16.2. The summed E-state index contributed by atoms with van der Waals surface area (Å²) in [5.41, 5.74) is 1.94. The van der Waals surface area contributed by atoms with Gasteiger partial charge in [0.15, 0.2) is 0 Å². The lowest BCUT2D eigenvalue weighted by Crippen LogP contribution is -2.16. The fourth-order valence-corrected chi connectivity index (χ4v) is 3.41. The zero-order valence-corrected chi connectivity index (χ0v) is 13.8. The van der Waals surface area contributed by atoms with Crippen molar-refractivity contribution in [1.82, 2.24) is 0 Å². The van der Waals surface area contributed by atoms with Gasteiger partial charge in [-0.05, 0) is 30.2 Å². The lowest BCUT2D eigenvalue weighted by molar-refractivity contribution is 0.102. The molecule has 124 valence electrons. The predicted octanol–water partition coefficient (Wildman–Crippen LogP) is 2.89. The maximum Gasteiger partial charge on any atom is 0.259 e. The minimum absolute atomic E-state index is 0.0138. The van der Waals surface area contributed by atoms with Crippen molar-refractivity contribution < 1.29 is 17.6 Å². The SMILES string of the molecule is CCc1ccc(NC(=O)c2coc3ccccc23)cc1S(N)(=O)=O. The molecule has 0 aliphatic rings. The molecule has 3 N–H and O–H groups in total. The second-order valence-corrected chi connectivity index (χ2v) is 6.85. The molecule has 0 unspecified atom stereocenters. The van der Waals surface area contributed by atoms with Gasteiger partial charge in [0.2, 0.25) is 10.0 Å². The molecule has 3 aromatic rings. The van der Waals surface area contributed by atoms with Crippen LogP contribution in [0.2, 0.25) is 0 Å². The van der Waals surface area contributed by atoms with Gasteiger partial charge in [-0.3, -0.25) is 4.79 Å². The van der Waals surface area contributed by atoms with E-state index < -0.39 is 10.0 Å². The number of aryl methyl sites for hydroxylation is 1. The molecule has 1 aromatic heterocycles. The molecule has 0 fully saturated rings. The third kappa shape index (κ3) is 3.04. The van der Waals surface area contributed by atoms with Gasteiger partial charge in [-0.25, -0.2) is 13.6 Å². The number of nitrogens with two attached hydrogens (primary N) is 1. The number of fused-ring (bicyclic) bond motifs is 1. The van der Waals surface area contributed by atoms with Crippen molar-refractivity contribution in [1.29, 1.82) is 0 Å². The number of furan rings is 1. The minimum Gasteiger partial charge on any atom is -0.463 e. The van der Waals surface area contributed by atoms with Crippen molar-refractivity contribution in [2.45, 2.75) is 18.2 Å². The second-order valence-electron chi connectivity index (χ2n) is 5.32. The highest BCUT2D eigenvalue weighted by atomic mass is 32.2. The van der Waals surface area contributed by atoms with Gasteiger partial charge in [0.25, 0.3) is 5.91 Å². The van der Waals surface area contributed by atoms with Crippen molar-refractivity contribution in [3.05, 3.63) is 59.9 Å². The van der Waals surface area contributed by atoms with E-state index in [2.05, 4.69) is 5.32 Å². The summed E-state index contributed by atoms with van der Waals surface area (Å²) >= 11 is 0. The Labute approximate surface area is 139 Å². The Hall–Kier alpha value is -2.64. The smallest absolute Gasteiger partial charge is 0.259 e. The summed E-state index contributed by atoms with van der Waals surface area (Å²) in [6.45, 7) is 1.83. The Morgan fingerprint density at radius 1 is 1.21 bits per heavy atom. The number of sulfonamides is 1. The maximum atomic E-state index is 12.5. The molecule has 1 heterocycles. The fourth-order valence-electron chi connectivity index (χ4n) is 2.54. The van der Waals surface area contributed by atoms with E-state index in [9.17, 15) is 13.2 Å². The zero-order valence-electron chi connectivity index (χ0n) is 12.9. The number of carbonyl (C=O) groups excluding carboxylic acids is 1. The van der Waals surface area contributed by atoms with E-state index in [1.807, 2.05) is 19.1 Å². The molecule has 7 heteroatoms. The molecule has 0 spiro atoms. The number of nitrogens with one attached hydrogen (secondary N) is 1. The van der Waals surface area contributed by atoms with Crippen LogP contribution in [0.5, 0.6) is 0 Å². The first-order valence-corrected chi connectivity index (χ1v) is 8.88. The zero-order chi connectivity index (χ0) is 17.3. The number of para-hydroxylation sites is 1. The van der Waals surface area contributed by atoms with E-state index in [0.717, 1.165) is 0 Å². The summed E-state index contributed by atoms with van der Waals surface area (Å²) in [4.78, 5) is 12.5. The topological polar surface area (TPSA) is 102 Å². The Kier molecular flexibility index (Phi) is 4.13. The molecule has 0 atom stereocenters. The standard InChI is InChI=1S/C17H16N2O4S/c1-2-11-7-8-12(9-16(11)24(18,21)22)19-17(20)14-10-23-15-6-4-3-5-13(14)15/h3-10H,2H2,1H3,(H,19,20)(H2,18,21,22). The molecule has 1 amide bonds. The van der Waals surface area contributed by atoms with Crippen LogP contribution in [-0.2, 0) is 16.4 Å². The van der Waals surface area contributed by atoms with Crippen LogP contribution in [0.4, 0.5) is 5.69 Å². The van der Waals surface area contributed by atoms with Crippen LogP contribution in [-0.4, -0.2) is 14.3 Å². The van der Waals surface area contributed by atoms with Gasteiger partial charge < -0.3 is 9.73 Å². The second kappa shape index (κ2) is 6.10. The third-order valence-electron chi connectivity index (χ3n) is 3.74. The monoisotopic (exact) mass is 344 g/mol. The average Bonchev–Trinajstić information content (AvgIpc) is 2.98. The quantitative estimate of drug-likeness (QED) is 0.759. The van der Waals surface area contributed by atoms with Gasteiger partial charge in [-0.2, -0.15) is 0 Å². The number of amides is 1. The van der Waals surface area contributed by atoms with Gasteiger partial charge in [0.1, 0.15) is 11.8 Å². The molecule has 0 radical (unpaired) electrons. The van der Waals surface area contributed by atoms with Crippen LogP contribution in [0.25, 0.3) is 11.0 Å². The van der Waals surface area contributed by atoms with Crippen LogP contribution in [0, 0.1) is 0 Å². The summed E-state index contributed by atoms with van der Waals surface area (Å²) in [5, 5.41) is 8.61. The first-order chi connectivity index (χ1) is 11.4. The number of anilines is 1. The maximum absolute atomic E-state index is 12.5. The van der Waals surface area contributed by atoms with E-state index in [0.29, 0.717) is 34.2 Å². The van der Waals surface area contributed by atoms with Crippen molar-refractivity contribution in [3.63, 3.8) is 0 Å². The Balaban J connectivity index is 1.95. The van der Waals surface area contributed by atoms with Crippen molar-refractivity contribution in [2.75, 3.05) is 5.32 Å². The van der Waals surface area contributed by atoms with E-state index in [1.54, 1.807) is 24.3 Å². The molecule has 0 saturated heterocycles. The molecule has 0 bridgehead atoms. The van der Waals surface area contributed by atoms with Crippen LogP contribution < -0.4 is 10.5 Å². The third-order valence-corrected chi connectivity index (χ3v) is 4.73. The number of carbonyl (C=O) groups is 1. The van der Waals surface area contributed by atoms with Crippen molar-refractivity contribution in [2.24, 2.45) is 5.14 Å². The highest BCUT2D eigenvalue weighted by Crippen LogP contribution is 2.24. The molecule has 0 aliphatic carbocycles. The fraction of sp³-hybridized carbons (Fsp3) is 0.118. The lowest BCUT2D eigenvalue weighted by atomic mass is 10.1. The van der Waals surface area contributed by atoms with Crippen LogP contribution in [0.3, 0.4) is 0 Å². The van der Waals surface area contributed by atoms with E-state index in [4.69, 9.17) is 9.56 Å². The van der Waals surface area contributed by atoms with Crippen LogP contribution in [0.1, 0.15) is 22.8 Å². The van der Waals surface area contributed by atoms with Crippen LogP contribution >= 0.6 is 0 Å². The number of hydrogen-bond acceptors (Lipinski definition) is 4. The summed E-state index contributed by atoms with van der Waals surface area (Å²) in [6.07, 6.45) is 1.90.